The number of methoxy groups -OCH3 is 2. The molecule has 0 amide bonds. The fraction of sp³-hybridized carbons (Fsp3) is 0.538. The highest BCUT2D eigenvalue weighted by atomic mass is 16.5. The Bertz CT molecular complexity index is 341. The Hall–Kier alpha value is -1.42. The molecule has 2 rings (SSSR count). The standard InChI is InChI=1S/C13H19NO3/c1-15-11-7-12(16-2)9-13(8-11)17-6-5-14-10-3-4-10/h7-10,14H,3-6H2,1-2H3. The van der Waals surface area contributed by atoms with E-state index < -0.39 is 0 Å². The molecule has 1 N–H and O–H groups in total. The Morgan fingerprint density at radius 2 is 1.65 bits per heavy atom. The van der Waals surface area contributed by atoms with Crippen molar-refractivity contribution in [3.05, 3.63) is 18.2 Å². The van der Waals surface area contributed by atoms with Crippen LogP contribution in [-0.2, 0) is 0 Å². The molecule has 0 unspecified atom stereocenters. The van der Waals surface area contributed by atoms with Crippen LogP contribution < -0.4 is 19.5 Å². The van der Waals surface area contributed by atoms with Crippen molar-refractivity contribution in [2.24, 2.45) is 0 Å². The van der Waals surface area contributed by atoms with Crippen LogP contribution in [0.1, 0.15) is 12.8 Å². The van der Waals surface area contributed by atoms with Gasteiger partial charge in [0.2, 0.25) is 0 Å². The minimum atomic E-state index is 0.660. The molecule has 1 aliphatic rings. The molecule has 4 heteroatoms. The predicted octanol–water partition coefficient (Wildman–Crippen LogP) is 1.83. The molecule has 0 spiro atoms. The Kier molecular flexibility index (Phi) is 4.09. The van der Waals surface area contributed by atoms with E-state index in [4.69, 9.17) is 14.2 Å². The number of hydrogen-bond donors (Lipinski definition) is 1. The summed E-state index contributed by atoms with van der Waals surface area (Å²) in [5.41, 5.74) is 0. The molecular formula is C13H19NO3. The molecule has 0 aliphatic heterocycles. The van der Waals surface area contributed by atoms with Crippen LogP contribution in [0.2, 0.25) is 0 Å². The van der Waals surface area contributed by atoms with Crippen LogP contribution >= 0.6 is 0 Å². The fourth-order valence-electron chi connectivity index (χ4n) is 1.58. The SMILES string of the molecule is COc1cc(OC)cc(OCCNC2CC2)c1. The third kappa shape index (κ3) is 3.82. The molecule has 17 heavy (non-hydrogen) atoms. The lowest BCUT2D eigenvalue weighted by atomic mass is 10.3. The van der Waals surface area contributed by atoms with Gasteiger partial charge in [0.05, 0.1) is 14.2 Å². The molecule has 0 saturated heterocycles. The monoisotopic (exact) mass is 237 g/mol. The second-order valence-corrected chi connectivity index (χ2v) is 4.13. The normalized spacial score (nSPS) is 14.5. The topological polar surface area (TPSA) is 39.7 Å². The molecular weight excluding hydrogens is 218 g/mol. The number of rotatable bonds is 7. The van der Waals surface area contributed by atoms with E-state index in [1.165, 1.54) is 12.8 Å². The number of ether oxygens (including phenoxy) is 3. The molecule has 0 aromatic heterocycles. The molecule has 1 aromatic rings. The second-order valence-electron chi connectivity index (χ2n) is 4.13. The van der Waals surface area contributed by atoms with Gasteiger partial charge >= 0.3 is 0 Å². The smallest absolute Gasteiger partial charge is 0.126 e. The zero-order valence-electron chi connectivity index (χ0n) is 10.4. The van der Waals surface area contributed by atoms with Gasteiger partial charge < -0.3 is 19.5 Å². The fourth-order valence-corrected chi connectivity index (χ4v) is 1.58. The van der Waals surface area contributed by atoms with Crippen molar-refractivity contribution in [3.8, 4) is 17.2 Å². The molecule has 1 fully saturated rings. The average molecular weight is 237 g/mol. The summed E-state index contributed by atoms with van der Waals surface area (Å²) < 4.78 is 16.0. The van der Waals surface area contributed by atoms with Crippen molar-refractivity contribution in [1.82, 2.24) is 5.32 Å². The first-order valence-electron chi connectivity index (χ1n) is 5.91. The Morgan fingerprint density at radius 1 is 1.06 bits per heavy atom. The number of nitrogens with one attached hydrogen (secondary N) is 1. The summed E-state index contributed by atoms with van der Waals surface area (Å²) in [5, 5.41) is 3.40. The second kappa shape index (κ2) is 5.77. The summed E-state index contributed by atoms with van der Waals surface area (Å²) in [4.78, 5) is 0. The highest BCUT2D eigenvalue weighted by Gasteiger charge is 2.19. The number of benzene rings is 1. The van der Waals surface area contributed by atoms with Crippen molar-refractivity contribution in [3.63, 3.8) is 0 Å². The minimum Gasteiger partial charge on any atom is -0.496 e. The van der Waals surface area contributed by atoms with Crippen LogP contribution in [0.15, 0.2) is 18.2 Å². The molecule has 4 nitrogen and oxygen atoms in total. The Morgan fingerprint density at radius 3 is 2.18 bits per heavy atom. The highest BCUT2D eigenvalue weighted by Crippen LogP contribution is 2.27. The van der Waals surface area contributed by atoms with E-state index in [-0.39, 0.29) is 0 Å². The summed E-state index contributed by atoms with van der Waals surface area (Å²) in [6.45, 7) is 1.54. The first-order chi connectivity index (χ1) is 8.31. The first-order valence-corrected chi connectivity index (χ1v) is 5.91. The maximum absolute atomic E-state index is 5.65. The number of hydrogen-bond acceptors (Lipinski definition) is 4. The lowest BCUT2D eigenvalue weighted by molar-refractivity contribution is 0.307. The van der Waals surface area contributed by atoms with Crippen molar-refractivity contribution in [2.45, 2.75) is 18.9 Å². The molecule has 0 heterocycles. The van der Waals surface area contributed by atoms with Gasteiger partial charge in [-0.1, -0.05) is 0 Å². The molecule has 0 atom stereocenters. The van der Waals surface area contributed by atoms with Crippen LogP contribution in [-0.4, -0.2) is 33.4 Å². The van der Waals surface area contributed by atoms with Gasteiger partial charge in [-0.2, -0.15) is 0 Å². The van der Waals surface area contributed by atoms with E-state index in [9.17, 15) is 0 Å². The summed E-state index contributed by atoms with van der Waals surface area (Å²) in [7, 11) is 3.26. The van der Waals surface area contributed by atoms with Crippen LogP contribution in [0, 0.1) is 0 Å². The van der Waals surface area contributed by atoms with Gasteiger partial charge in [-0.3, -0.25) is 0 Å². The van der Waals surface area contributed by atoms with Crippen molar-refractivity contribution in [1.29, 1.82) is 0 Å². The van der Waals surface area contributed by atoms with Crippen LogP contribution in [0.25, 0.3) is 0 Å². The maximum atomic E-state index is 5.65. The van der Waals surface area contributed by atoms with Crippen molar-refractivity contribution < 1.29 is 14.2 Å². The molecule has 0 bridgehead atoms. The lowest BCUT2D eigenvalue weighted by Gasteiger charge is -2.10. The molecule has 1 aliphatic carbocycles. The average Bonchev–Trinajstić information content (AvgIpc) is 3.18. The summed E-state index contributed by atoms with van der Waals surface area (Å²) in [6.07, 6.45) is 2.60. The molecule has 1 aromatic carbocycles. The van der Waals surface area contributed by atoms with Crippen LogP contribution in [0.3, 0.4) is 0 Å². The maximum Gasteiger partial charge on any atom is 0.126 e. The summed E-state index contributed by atoms with van der Waals surface area (Å²) >= 11 is 0. The Labute approximate surface area is 102 Å². The van der Waals surface area contributed by atoms with Gasteiger partial charge in [0.15, 0.2) is 0 Å². The predicted molar refractivity (Wildman–Crippen MR) is 66.1 cm³/mol. The van der Waals surface area contributed by atoms with Gasteiger partial charge in [-0.25, -0.2) is 0 Å². The third-order valence-electron chi connectivity index (χ3n) is 2.71. The Balaban J connectivity index is 1.84. The van der Waals surface area contributed by atoms with E-state index >= 15 is 0 Å². The van der Waals surface area contributed by atoms with Gasteiger partial charge in [0, 0.05) is 30.8 Å². The van der Waals surface area contributed by atoms with E-state index in [0.717, 1.165) is 29.8 Å². The summed E-state index contributed by atoms with van der Waals surface area (Å²) in [6, 6.07) is 6.27. The van der Waals surface area contributed by atoms with E-state index in [1.807, 2.05) is 18.2 Å². The lowest BCUT2D eigenvalue weighted by Crippen LogP contribution is -2.22. The largest absolute Gasteiger partial charge is 0.496 e. The first kappa shape index (κ1) is 12.0. The van der Waals surface area contributed by atoms with Crippen LogP contribution in [0.5, 0.6) is 17.2 Å². The molecule has 1 saturated carbocycles. The van der Waals surface area contributed by atoms with E-state index in [0.29, 0.717) is 6.61 Å². The third-order valence-corrected chi connectivity index (χ3v) is 2.71. The molecule has 0 radical (unpaired) electrons. The zero-order valence-corrected chi connectivity index (χ0v) is 10.4. The van der Waals surface area contributed by atoms with Gasteiger partial charge in [0.1, 0.15) is 23.9 Å². The summed E-state index contributed by atoms with van der Waals surface area (Å²) in [5.74, 6) is 2.27. The van der Waals surface area contributed by atoms with Gasteiger partial charge in [-0.05, 0) is 12.8 Å². The van der Waals surface area contributed by atoms with Gasteiger partial charge in [0.25, 0.3) is 0 Å². The molecule has 94 valence electrons. The van der Waals surface area contributed by atoms with E-state index in [1.54, 1.807) is 14.2 Å². The highest BCUT2D eigenvalue weighted by molar-refractivity contribution is 5.41. The minimum absolute atomic E-state index is 0.660. The zero-order chi connectivity index (χ0) is 12.1. The van der Waals surface area contributed by atoms with Gasteiger partial charge in [-0.15, -0.1) is 0 Å². The quantitative estimate of drug-likeness (QED) is 0.734. The van der Waals surface area contributed by atoms with Crippen molar-refractivity contribution >= 4 is 0 Å². The van der Waals surface area contributed by atoms with Crippen molar-refractivity contribution in [2.75, 3.05) is 27.4 Å². The van der Waals surface area contributed by atoms with E-state index in [2.05, 4.69) is 5.32 Å². The van der Waals surface area contributed by atoms with Crippen LogP contribution in [0.4, 0.5) is 0 Å².